The van der Waals surface area contributed by atoms with Crippen LogP contribution in [0.1, 0.15) is 17.4 Å². The van der Waals surface area contributed by atoms with Crippen molar-refractivity contribution < 1.29 is 4.21 Å². The van der Waals surface area contributed by atoms with Gasteiger partial charge < -0.3 is 5.73 Å². The lowest BCUT2D eigenvalue weighted by Crippen LogP contribution is -2.50. The van der Waals surface area contributed by atoms with Crippen LogP contribution in [0.2, 0.25) is 5.02 Å². The number of nitrogens with zero attached hydrogens (tertiary/aromatic N) is 3. The molecule has 8 heteroatoms. The monoisotopic (exact) mass is 392 g/mol. The molecule has 0 spiro atoms. The maximum atomic E-state index is 12.7. The Morgan fingerprint density at radius 1 is 1.48 bits per heavy atom. The molecule has 130 valence electrons. The fourth-order valence-corrected chi connectivity index (χ4v) is 5.70. The van der Waals surface area contributed by atoms with Crippen LogP contribution in [0, 0.1) is 11.3 Å². The zero-order valence-corrected chi connectivity index (χ0v) is 16.2. The second kappa shape index (κ2) is 6.06. The first kappa shape index (κ1) is 17.8. The Balaban J connectivity index is 2.04. The molecule has 1 aliphatic rings. The maximum absolute atomic E-state index is 12.7. The summed E-state index contributed by atoms with van der Waals surface area (Å²) in [5.74, 6) is 4.34. The van der Waals surface area contributed by atoms with E-state index in [0.29, 0.717) is 16.3 Å². The molecular formula is C17H17ClN4OS2. The standard InChI is InChI=1S/C17H17ClN4OS2/c1-17(10-25(3,23)22(2)16(20)21-17)15-7-13(9-24-15)11-4-5-14(18)12(6-11)8-19/h4-7,9H,3,10H2,1-2H3,(H2,20,21)/t17-,25?/m0/s1. The molecule has 0 saturated carbocycles. The molecule has 1 aliphatic heterocycles. The zero-order chi connectivity index (χ0) is 18.4. The fraction of sp³-hybridized carbons (Fsp3) is 0.235. The number of hydrogen-bond donors (Lipinski definition) is 1. The second-order valence-electron chi connectivity index (χ2n) is 6.16. The van der Waals surface area contributed by atoms with Gasteiger partial charge in [-0.05, 0) is 47.5 Å². The van der Waals surface area contributed by atoms with E-state index in [4.69, 9.17) is 22.6 Å². The number of thiophene rings is 1. The number of benzene rings is 1. The van der Waals surface area contributed by atoms with Crippen LogP contribution < -0.4 is 5.73 Å². The van der Waals surface area contributed by atoms with Crippen molar-refractivity contribution in [2.45, 2.75) is 12.5 Å². The highest BCUT2D eigenvalue weighted by Crippen LogP contribution is 2.38. The Labute approximate surface area is 156 Å². The van der Waals surface area contributed by atoms with E-state index >= 15 is 0 Å². The number of nitrogens with two attached hydrogens (primary N) is 1. The predicted molar refractivity (Wildman–Crippen MR) is 106 cm³/mol. The van der Waals surface area contributed by atoms with Crippen LogP contribution in [0.5, 0.6) is 0 Å². The van der Waals surface area contributed by atoms with Crippen LogP contribution in [0.15, 0.2) is 34.6 Å². The summed E-state index contributed by atoms with van der Waals surface area (Å²) in [5, 5.41) is 11.6. The minimum atomic E-state index is -2.51. The van der Waals surface area contributed by atoms with E-state index in [-0.39, 0.29) is 5.96 Å². The summed E-state index contributed by atoms with van der Waals surface area (Å²) in [6.45, 7) is 1.91. The van der Waals surface area contributed by atoms with Gasteiger partial charge in [0.25, 0.3) is 0 Å². The summed E-state index contributed by atoms with van der Waals surface area (Å²) in [4.78, 5) is 5.50. The van der Waals surface area contributed by atoms with Gasteiger partial charge >= 0.3 is 0 Å². The molecule has 0 radical (unpaired) electrons. The summed E-state index contributed by atoms with van der Waals surface area (Å²) in [6, 6.07) is 9.42. The molecular weight excluding hydrogens is 376 g/mol. The number of aliphatic imine (C=N–C) groups is 1. The van der Waals surface area contributed by atoms with Crippen LogP contribution in [0.3, 0.4) is 0 Å². The molecule has 5 nitrogen and oxygen atoms in total. The average Bonchev–Trinajstić information content (AvgIpc) is 3.03. The van der Waals surface area contributed by atoms with Crippen LogP contribution >= 0.6 is 22.9 Å². The smallest absolute Gasteiger partial charge is 0.203 e. The molecule has 0 saturated heterocycles. The lowest BCUT2D eigenvalue weighted by Gasteiger charge is -2.36. The molecule has 0 fully saturated rings. The number of nitriles is 1. The first-order valence-corrected chi connectivity index (χ1v) is 10.5. The highest BCUT2D eigenvalue weighted by Gasteiger charge is 2.38. The van der Waals surface area contributed by atoms with Gasteiger partial charge in [0.1, 0.15) is 11.6 Å². The lowest BCUT2D eigenvalue weighted by molar-refractivity contribution is 0.522. The summed E-state index contributed by atoms with van der Waals surface area (Å²) in [7, 11) is -0.871. The Hall–Kier alpha value is -2.01. The Morgan fingerprint density at radius 2 is 2.20 bits per heavy atom. The Morgan fingerprint density at radius 3 is 2.84 bits per heavy atom. The molecule has 3 rings (SSSR count). The van der Waals surface area contributed by atoms with Crippen LogP contribution in [0.4, 0.5) is 0 Å². The molecule has 1 aromatic carbocycles. The van der Waals surface area contributed by atoms with Crippen molar-refractivity contribution >= 4 is 44.5 Å². The largest absolute Gasteiger partial charge is 0.369 e. The van der Waals surface area contributed by atoms with Gasteiger partial charge in [-0.1, -0.05) is 17.7 Å². The van der Waals surface area contributed by atoms with Gasteiger partial charge in [0.15, 0.2) is 0 Å². The van der Waals surface area contributed by atoms with Gasteiger partial charge in [-0.2, -0.15) is 5.26 Å². The van der Waals surface area contributed by atoms with Crippen molar-refractivity contribution in [1.82, 2.24) is 4.31 Å². The highest BCUT2D eigenvalue weighted by atomic mass is 35.5. The minimum Gasteiger partial charge on any atom is -0.369 e. The summed E-state index contributed by atoms with van der Waals surface area (Å²) >= 11 is 7.52. The van der Waals surface area contributed by atoms with Crippen molar-refractivity contribution in [1.29, 1.82) is 5.26 Å². The third kappa shape index (κ3) is 3.13. The number of hydrogen-bond acceptors (Lipinski definition) is 5. The van der Waals surface area contributed by atoms with E-state index in [2.05, 4.69) is 16.9 Å². The fourth-order valence-electron chi connectivity index (χ4n) is 2.75. The molecule has 1 unspecified atom stereocenters. The van der Waals surface area contributed by atoms with Crippen LogP contribution in [-0.2, 0) is 15.2 Å². The van der Waals surface area contributed by atoms with Crippen molar-refractivity contribution in [3.8, 4) is 17.2 Å². The predicted octanol–water partition coefficient (Wildman–Crippen LogP) is 3.05. The van der Waals surface area contributed by atoms with Crippen molar-refractivity contribution in [3.63, 3.8) is 0 Å². The van der Waals surface area contributed by atoms with E-state index < -0.39 is 15.2 Å². The molecule has 2 atom stereocenters. The average molecular weight is 393 g/mol. The second-order valence-corrected chi connectivity index (χ2v) is 9.86. The molecule has 2 N–H and O–H groups in total. The molecule has 0 aliphatic carbocycles. The minimum absolute atomic E-state index is 0.224. The van der Waals surface area contributed by atoms with E-state index in [1.807, 2.05) is 24.4 Å². The highest BCUT2D eigenvalue weighted by molar-refractivity contribution is 7.98. The quantitative estimate of drug-likeness (QED) is 0.797. The third-order valence-electron chi connectivity index (χ3n) is 4.24. The van der Waals surface area contributed by atoms with Crippen LogP contribution in [0.25, 0.3) is 11.1 Å². The lowest BCUT2D eigenvalue weighted by atomic mass is 10.0. The van der Waals surface area contributed by atoms with E-state index in [0.717, 1.165) is 16.0 Å². The first-order chi connectivity index (χ1) is 11.7. The molecule has 0 bridgehead atoms. The normalized spacial score (nSPS) is 26.2. The van der Waals surface area contributed by atoms with E-state index in [1.54, 1.807) is 19.2 Å². The van der Waals surface area contributed by atoms with Crippen molar-refractivity contribution in [2.24, 2.45) is 10.7 Å². The van der Waals surface area contributed by atoms with Crippen molar-refractivity contribution in [3.05, 3.63) is 45.1 Å². The van der Waals surface area contributed by atoms with Crippen molar-refractivity contribution in [2.75, 3.05) is 12.8 Å². The topological polar surface area (TPSA) is 82.5 Å². The van der Waals surface area contributed by atoms with Gasteiger partial charge in [-0.25, -0.2) is 9.20 Å². The molecule has 2 heterocycles. The van der Waals surface area contributed by atoms with Gasteiger partial charge in [-0.15, -0.1) is 11.3 Å². The van der Waals surface area contributed by atoms with Gasteiger partial charge in [0.05, 0.1) is 26.0 Å². The Bertz CT molecular complexity index is 1020. The molecule has 1 aromatic heterocycles. The van der Waals surface area contributed by atoms with Gasteiger partial charge in [-0.3, -0.25) is 4.31 Å². The SMILES string of the molecule is C=S1(=O)C[C@@](C)(c2cc(-c3ccc(Cl)c(C#N)c3)cs2)N=C(N)N1C. The summed E-state index contributed by atoms with van der Waals surface area (Å²) in [5.41, 5.74) is 7.54. The number of rotatable bonds is 2. The molecule has 25 heavy (non-hydrogen) atoms. The molecule has 2 aromatic rings. The van der Waals surface area contributed by atoms with E-state index in [9.17, 15) is 4.21 Å². The Kier molecular flexibility index (Phi) is 4.31. The summed E-state index contributed by atoms with van der Waals surface area (Å²) < 4.78 is 14.2. The third-order valence-corrected chi connectivity index (χ3v) is 7.95. The first-order valence-electron chi connectivity index (χ1n) is 7.39. The summed E-state index contributed by atoms with van der Waals surface area (Å²) in [6.07, 6.45) is 0. The van der Waals surface area contributed by atoms with Gasteiger partial charge in [0, 0.05) is 11.9 Å². The van der Waals surface area contributed by atoms with Crippen LogP contribution in [-0.4, -0.2) is 33.1 Å². The van der Waals surface area contributed by atoms with Gasteiger partial charge in [0.2, 0.25) is 5.96 Å². The van der Waals surface area contributed by atoms with E-state index in [1.165, 1.54) is 15.6 Å². The zero-order valence-electron chi connectivity index (χ0n) is 13.8. The molecule has 0 amide bonds. The number of halogens is 1. The maximum Gasteiger partial charge on any atom is 0.203 e. The number of guanidine groups is 1.